The summed E-state index contributed by atoms with van der Waals surface area (Å²) >= 11 is 0. The summed E-state index contributed by atoms with van der Waals surface area (Å²) in [6.07, 6.45) is -1.77. The van der Waals surface area contributed by atoms with Crippen molar-refractivity contribution < 1.29 is 22.7 Å². The third kappa shape index (κ3) is 4.26. The van der Waals surface area contributed by atoms with Gasteiger partial charge in [0.2, 0.25) is 0 Å². The molecule has 2 aromatic rings. The second-order valence-electron chi connectivity index (χ2n) is 7.72. The van der Waals surface area contributed by atoms with Gasteiger partial charge >= 0.3 is 17.8 Å². The van der Waals surface area contributed by atoms with Gasteiger partial charge < -0.3 is 4.74 Å². The number of alkyl halides is 3. The molecule has 0 unspecified atom stereocenters. The molecule has 10 heteroatoms. The van der Waals surface area contributed by atoms with E-state index >= 15 is 0 Å². The molecule has 0 saturated heterocycles. The van der Waals surface area contributed by atoms with Gasteiger partial charge in [-0.15, -0.1) is 0 Å². The molecule has 1 aliphatic heterocycles. The van der Waals surface area contributed by atoms with Crippen LogP contribution in [0.4, 0.5) is 13.2 Å². The minimum absolute atomic E-state index is 0.0367. The Hall–Kier alpha value is -2.65. The van der Waals surface area contributed by atoms with Gasteiger partial charge in [0, 0.05) is 12.6 Å². The van der Waals surface area contributed by atoms with Crippen molar-refractivity contribution in [3.63, 3.8) is 0 Å². The Labute approximate surface area is 159 Å². The third-order valence-corrected chi connectivity index (χ3v) is 4.26. The maximum absolute atomic E-state index is 12.8. The van der Waals surface area contributed by atoms with Gasteiger partial charge in [-0.1, -0.05) is 6.07 Å². The largest absolute Gasteiger partial charge is 0.458 e. The molecule has 152 valence electrons. The van der Waals surface area contributed by atoms with Crippen LogP contribution in [0, 0.1) is 0 Å². The lowest BCUT2D eigenvalue weighted by Crippen LogP contribution is -2.38. The summed E-state index contributed by atoms with van der Waals surface area (Å²) in [4.78, 5) is 28.7. The van der Waals surface area contributed by atoms with Crippen LogP contribution < -0.4 is 5.69 Å². The number of hydrogen-bond donors (Lipinski definition) is 0. The van der Waals surface area contributed by atoms with E-state index in [0.717, 1.165) is 16.9 Å². The molecule has 0 radical (unpaired) electrons. The van der Waals surface area contributed by atoms with Gasteiger partial charge in [-0.05, 0) is 45.2 Å². The van der Waals surface area contributed by atoms with Gasteiger partial charge in [0.05, 0.1) is 6.54 Å². The number of halogens is 3. The van der Waals surface area contributed by atoms with Gasteiger partial charge in [-0.2, -0.15) is 18.3 Å². The van der Waals surface area contributed by atoms with Crippen molar-refractivity contribution in [3.8, 4) is 0 Å². The van der Waals surface area contributed by atoms with Crippen LogP contribution in [0.15, 0.2) is 23.1 Å². The van der Waals surface area contributed by atoms with Gasteiger partial charge in [0.1, 0.15) is 23.2 Å². The molecule has 2 aromatic heterocycles. The van der Waals surface area contributed by atoms with E-state index in [1.807, 2.05) is 0 Å². The van der Waals surface area contributed by atoms with Crippen LogP contribution in [-0.4, -0.2) is 30.9 Å². The molecule has 0 N–H and O–H groups in total. The van der Waals surface area contributed by atoms with Gasteiger partial charge in [-0.3, -0.25) is 9.55 Å². The van der Waals surface area contributed by atoms with E-state index in [9.17, 15) is 22.8 Å². The Morgan fingerprint density at radius 2 is 2.00 bits per heavy atom. The molecule has 0 aliphatic carbocycles. The summed E-state index contributed by atoms with van der Waals surface area (Å²) in [6.45, 7) is 5.21. The first-order valence-corrected chi connectivity index (χ1v) is 8.89. The Balaban J connectivity index is 1.86. The number of carbonyl (C=O) groups excluding carboxylic acids is 1. The summed E-state index contributed by atoms with van der Waals surface area (Å²) in [5.41, 5.74) is -1.78. The van der Waals surface area contributed by atoms with Crippen molar-refractivity contribution in [2.24, 2.45) is 0 Å². The molecular formula is C18H21F3N4O3. The zero-order valence-corrected chi connectivity index (χ0v) is 15.8. The normalized spacial score (nSPS) is 17.3. The summed E-state index contributed by atoms with van der Waals surface area (Å²) in [6, 6.07) is 1.36. The molecule has 1 aliphatic rings. The van der Waals surface area contributed by atoms with Crippen molar-refractivity contribution in [1.82, 2.24) is 19.3 Å². The number of fused-ring (bicyclic) bond motifs is 1. The number of hydrogen-bond acceptors (Lipinski definition) is 5. The van der Waals surface area contributed by atoms with Gasteiger partial charge in [0.25, 0.3) is 0 Å². The first-order chi connectivity index (χ1) is 13.0. The second-order valence-corrected chi connectivity index (χ2v) is 7.72. The van der Waals surface area contributed by atoms with Crippen LogP contribution in [0.1, 0.15) is 56.7 Å². The number of nitrogens with zero attached hydrogens (tertiary/aromatic N) is 4. The van der Waals surface area contributed by atoms with Crippen LogP contribution in [-0.2, 0) is 28.7 Å². The minimum atomic E-state index is -4.52. The molecule has 0 fully saturated rings. The number of aromatic nitrogens is 4. The molecular weight excluding hydrogens is 377 g/mol. The van der Waals surface area contributed by atoms with Crippen molar-refractivity contribution in [2.75, 3.05) is 0 Å². The first-order valence-electron chi connectivity index (χ1n) is 8.89. The van der Waals surface area contributed by atoms with E-state index in [0.29, 0.717) is 30.7 Å². The number of aryl methyl sites for hydroxylation is 1. The molecule has 0 spiro atoms. The van der Waals surface area contributed by atoms with E-state index in [4.69, 9.17) is 4.74 Å². The molecule has 0 bridgehead atoms. The maximum atomic E-state index is 12.8. The molecule has 0 saturated carbocycles. The van der Waals surface area contributed by atoms with E-state index in [1.54, 1.807) is 20.8 Å². The van der Waals surface area contributed by atoms with E-state index in [1.165, 1.54) is 10.6 Å². The summed E-state index contributed by atoms with van der Waals surface area (Å²) in [5.74, 6) is -0.0294. The fourth-order valence-corrected chi connectivity index (χ4v) is 3.09. The molecule has 3 rings (SSSR count). The van der Waals surface area contributed by atoms with Crippen molar-refractivity contribution >= 4 is 5.97 Å². The van der Waals surface area contributed by atoms with Crippen LogP contribution >= 0.6 is 0 Å². The molecule has 28 heavy (non-hydrogen) atoms. The fraction of sp³-hybridized carbons (Fsp3) is 0.556. The summed E-state index contributed by atoms with van der Waals surface area (Å²) in [7, 11) is 0. The molecule has 0 aromatic carbocycles. The van der Waals surface area contributed by atoms with Gasteiger partial charge in [-0.25, -0.2) is 14.3 Å². The average Bonchev–Trinajstić information content (AvgIpc) is 2.89. The summed E-state index contributed by atoms with van der Waals surface area (Å²) in [5, 5.41) is 4.26. The quantitative estimate of drug-likeness (QED) is 0.743. The van der Waals surface area contributed by atoms with E-state index in [2.05, 4.69) is 10.1 Å². The van der Waals surface area contributed by atoms with Crippen LogP contribution in [0.2, 0.25) is 0 Å². The minimum Gasteiger partial charge on any atom is -0.458 e. The number of pyridine rings is 1. The van der Waals surface area contributed by atoms with Crippen LogP contribution in [0.5, 0.6) is 0 Å². The SMILES string of the molecule is CC(C)(C)OC(=O)[C@H]1CCCc2nn(Cc3ccc(C(F)(F)F)nc3)c(=O)n21. The Morgan fingerprint density at radius 3 is 2.57 bits per heavy atom. The van der Waals surface area contributed by atoms with E-state index < -0.39 is 35.2 Å². The molecule has 0 amide bonds. The van der Waals surface area contributed by atoms with Crippen LogP contribution in [0.3, 0.4) is 0 Å². The lowest BCUT2D eigenvalue weighted by atomic mass is 10.0. The van der Waals surface area contributed by atoms with Crippen molar-refractivity contribution in [3.05, 3.63) is 45.9 Å². The molecule has 7 nitrogen and oxygen atoms in total. The number of carbonyl (C=O) groups is 1. The monoisotopic (exact) mass is 398 g/mol. The number of ether oxygens (including phenoxy) is 1. The third-order valence-electron chi connectivity index (χ3n) is 4.26. The second kappa shape index (κ2) is 7.06. The maximum Gasteiger partial charge on any atom is 0.433 e. The number of esters is 1. The average molecular weight is 398 g/mol. The van der Waals surface area contributed by atoms with Crippen molar-refractivity contribution in [2.45, 2.75) is 64.4 Å². The molecule has 1 atom stereocenters. The Kier molecular flexibility index (Phi) is 5.07. The lowest BCUT2D eigenvalue weighted by molar-refractivity contribution is -0.159. The standard InChI is InChI=1S/C18H21F3N4O3/c1-17(2,3)28-15(26)12-5-4-6-14-23-24(16(27)25(12)14)10-11-7-8-13(22-9-11)18(19,20)21/h7-9,12H,4-6,10H2,1-3H3/t12-/m1/s1. The first kappa shape index (κ1) is 20.1. The van der Waals surface area contributed by atoms with Crippen molar-refractivity contribution in [1.29, 1.82) is 0 Å². The smallest absolute Gasteiger partial charge is 0.433 e. The number of rotatable bonds is 3. The lowest BCUT2D eigenvalue weighted by Gasteiger charge is -2.26. The Bertz CT molecular complexity index is 924. The highest BCUT2D eigenvalue weighted by molar-refractivity contribution is 5.74. The van der Waals surface area contributed by atoms with Crippen LogP contribution in [0.25, 0.3) is 0 Å². The highest BCUT2D eigenvalue weighted by Crippen LogP contribution is 2.27. The molecule has 3 heterocycles. The highest BCUT2D eigenvalue weighted by Gasteiger charge is 2.34. The zero-order valence-electron chi connectivity index (χ0n) is 15.8. The zero-order chi connectivity index (χ0) is 20.7. The Morgan fingerprint density at radius 1 is 1.29 bits per heavy atom. The predicted molar refractivity (Wildman–Crippen MR) is 92.6 cm³/mol. The van der Waals surface area contributed by atoms with E-state index in [-0.39, 0.29) is 6.54 Å². The fourth-order valence-electron chi connectivity index (χ4n) is 3.09. The highest BCUT2D eigenvalue weighted by atomic mass is 19.4. The van der Waals surface area contributed by atoms with Gasteiger partial charge in [0.15, 0.2) is 0 Å². The predicted octanol–water partition coefficient (Wildman–Crippen LogP) is 2.73. The summed E-state index contributed by atoms with van der Waals surface area (Å²) < 4.78 is 45.8. The topological polar surface area (TPSA) is 79.0 Å².